The zero-order valence-electron chi connectivity index (χ0n) is 9.41. The van der Waals surface area contributed by atoms with Crippen molar-refractivity contribution in [2.75, 3.05) is 6.61 Å². The molecule has 0 aromatic rings. The van der Waals surface area contributed by atoms with Gasteiger partial charge in [-0.05, 0) is 45.4 Å². The highest BCUT2D eigenvalue weighted by molar-refractivity contribution is 5.74. The average molecular weight is 212 g/mol. The molecule has 3 heteroatoms. The highest BCUT2D eigenvalue weighted by atomic mass is 16.5. The van der Waals surface area contributed by atoms with E-state index in [1.807, 2.05) is 6.92 Å². The number of rotatable bonds is 3. The summed E-state index contributed by atoms with van der Waals surface area (Å²) in [6, 6.07) is 0. The number of carbonyl (C=O) groups excluding carboxylic acids is 1. The van der Waals surface area contributed by atoms with Gasteiger partial charge in [0.15, 0.2) is 0 Å². The van der Waals surface area contributed by atoms with Gasteiger partial charge in [0, 0.05) is 6.61 Å². The molecule has 3 atom stereocenters. The first-order valence-corrected chi connectivity index (χ1v) is 6.08. The van der Waals surface area contributed by atoms with Crippen molar-refractivity contribution in [1.82, 2.24) is 0 Å². The maximum atomic E-state index is 11.4. The number of carbonyl (C=O) groups is 1. The van der Waals surface area contributed by atoms with E-state index in [9.17, 15) is 4.79 Å². The molecule has 2 heterocycles. The molecule has 0 bridgehead atoms. The van der Waals surface area contributed by atoms with Crippen molar-refractivity contribution in [2.45, 2.75) is 57.7 Å². The summed E-state index contributed by atoms with van der Waals surface area (Å²) < 4.78 is 10.8. The van der Waals surface area contributed by atoms with Gasteiger partial charge in [-0.3, -0.25) is 4.79 Å². The van der Waals surface area contributed by atoms with E-state index in [-0.39, 0.29) is 18.0 Å². The molecule has 0 aliphatic carbocycles. The monoisotopic (exact) mass is 212 g/mol. The molecule has 0 saturated carbocycles. The number of esters is 1. The third-order valence-electron chi connectivity index (χ3n) is 3.38. The molecular weight excluding hydrogens is 192 g/mol. The number of cyclic esters (lactones) is 1. The van der Waals surface area contributed by atoms with Gasteiger partial charge in [0.2, 0.25) is 0 Å². The van der Waals surface area contributed by atoms with Crippen LogP contribution < -0.4 is 0 Å². The van der Waals surface area contributed by atoms with Crippen molar-refractivity contribution in [3.63, 3.8) is 0 Å². The molecule has 2 aliphatic rings. The van der Waals surface area contributed by atoms with E-state index in [0.717, 1.165) is 32.3 Å². The van der Waals surface area contributed by atoms with Crippen molar-refractivity contribution in [2.24, 2.45) is 5.92 Å². The normalized spacial score (nSPS) is 36.6. The summed E-state index contributed by atoms with van der Waals surface area (Å²) in [7, 11) is 0. The van der Waals surface area contributed by atoms with Crippen LogP contribution in [0.25, 0.3) is 0 Å². The Morgan fingerprint density at radius 3 is 2.80 bits per heavy atom. The zero-order valence-corrected chi connectivity index (χ0v) is 9.41. The smallest absolute Gasteiger partial charge is 0.309 e. The van der Waals surface area contributed by atoms with Crippen LogP contribution in [0, 0.1) is 5.92 Å². The highest BCUT2D eigenvalue weighted by Gasteiger charge is 2.32. The molecule has 3 unspecified atom stereocenters. The Labute approximate surface area is 91.1 Å². The Bertz CT molecular complexity index is 221. The zero-order chi connectivity index (χ0) is 10.7. The van der Waals surface area contributed by atoms with Gasteiger partial charge < -0.3 is 9.47 Å². The van der Waals surface area contributed by atoms with Crippen molar-refractivity contribution >= 4 is 5.97 Å². The van der Waals surface area contributed by atoms with Crippen molar-refractivity contribution in [1.29, 1.82) is 0 Å². The molecule has 0 N–H and O–H groups in total. The summed E-state index contributed by atoms with van der Waals surface area (Å²) in [5, 5.41) is 0. The fourth-order valence-corrected chi connectivity index (χ4v) is 2.50. The summed E-state index contributed by atoms with van der Waals surface area (Å²) in [4.78, 5) is 11.4. The van der Waals surface area contributed by atoms with Crippen molar-refractivity contribution < 1.29 is 14.3 Å². The molecule has 3 nitrogen and oxygen atoms in total. The van der Waals surface area contributed by atoms with Gasteiger partial charge in [-0.15, -0.1) is 0 Å². The lowest BCUT2D eigenvalue weighted by Crippen LogP contribution is -2.20. The van der Waals surface area contributed by atoms with E-state index < -0.39 is 0 Å². The molecule has 2 rings (SSSR count). The van der Waals surface area contributed by atoms with Crippen LogP contribution in [0.5, 0.6) is 0 Å². The molecule has 0 amide bonds. The second-order valence-corrected chi connectivity index (χ2v) is 4.75. The Balaban J connectivity index is 1.70. The molecule has 0 aromatic carbocycles. The van der Waals surface area contributed by atoms with Gasteiger partial charge in [0.1, 0.15) is 0 Å². The summed E-state index contributed by atoms with van der Waals surface area (Å²) >= 11 is 0. The van der Waals surface area contributed by atoms with E-state index in [1.54, 1.807) is 0 Å². The Hall–Kier alpha value is -0.570. The van der Waals surface area contributed by atoms with Crippen LogP contribution >= 0.6 is 0 Å². The van der Waals surface area contributed by atoms with Crippen molar-refractivity contribution in [3.8, 4) is 0 Å². The maximum Gasteiger partial charge on any atom is 0.309 e. The van der Waals surface area contributed by atoms with Crippen LogP contribution in [0.1, 0.15) is 45.4 Å². The SMILES string of the molecule is CC1CC(CCC2CCCCO2)C(=O)O1. The molecule has 2 fully saturated rings. The van der Waals surface area contributed by atoms with Gasteiger partial charge in [0.25, 0.3) is 0 Å². The quantitative estimate of drug-likeness (QED) is 0.673. The van der Waals surface area contributed by atoms with Gasteiger partial charge in [-0.25, -0.2) is 0 Å². The molecule has 2 saturated heterocycles. The molecule has 0 spiro atoms. The van der Waals surface area contributed by atoms with Crippen LogP contribution in [0.15, 0.2) is 0 Å². The minimum Gasteiger partial charge on any atom is -0.462 e. The number of hydrogen-bond donors (Lipinski definition) is 0. The van der Waals surface area contributed by atoms with Crippen LogP contribution in [-0.2, 0) is 14.3 Å². The maximum absolute atomic E-state index is 11.4. The number of ether oxygens (including phenoxy) is 2. The van der Waals surface area contributed by atoms with Crippen LogP contribution in [-0.4, -0.2) is 24.8 Å². The lowest BCUT2D eigenvalue weighted by atomic mass is 9.95. The molecular formula is C12H20O3. The molecule has 86 valence electrons. The number of hydrogen-bond acceptors (Lipinski definition) is 3. The van der Waals surface area contributed by atoms with E-state index in [4.69, 9.17) is 9.47 Å². The van der Waals surface area contributed by atoms with Gasteiger partial charge in [-0.1, -0.05) is 0 Å². The van der Waals surface area contributed by atoms with Gasteiger partial charge in [-0.2, -0.15) is 0 Å². The first-order valence-electron chi connectivity index (χ1n) is 6.08. The van der Waals surface area contributed by atoms with E-state index in [1.165, 1.54) is 12.8 Å². The fourth-order valence-electron chi connectivity index (χ4n) is 2.50. The van der Waals surface area contributed by atoms with Crippen LogP contribution in [0.2, 0.25) is 0 Å². The summed E-state index contributed by atoms with van der Waals surface area (Å²) in [5.41, 5.74) is 0. The third kappa shape index (κ3) is 2.94. The summed E-state index contributed by atoms with van der Waals surface area (Å²) in [6.45, 7) is 2.87. The lowest BCUT2D eigenvalue weighted by molar-refractivity contribution is -0.144. The largest absolute Gasteiger partial charge is 0.462 e. The first kappa shape index (κ1) is 10.9. The van der Waals surface area contributed by atoms with E-state index in [0.29, 0.717) is 6.10 Å². The van der Waals surface area contributed by atoms with Crippen LogP contribution in [0.3, 0.4) is 0 Å². The first-order chi connectivity index (χ1) is 7.25. The highest BCUT2D eigenvalue weighted by Crippen LogP contribution is 2.27. The predicted molar refractivity (Wildman–Crippen MR) is 56.5 cm³/mol. The molecule has 15 heavy (non-hydrogen) atoms. The Kier molecular flexibility index (Phi) is 3.62. The second-order valence-electron chi connectivity index (χ2n) is 4.75. The lowest BCUT2D eigenvalue weighted by Gasteiger charge is -2.22. The average Bonchev–Trinajstić information content (AvgIpc) is 2.56. The minimum atomic E-state index is -0.00157. The molecule has 2 aliphatic heterocycles. The van der Waals surface area contributed by atoms with Gasteiger partial charge in [0.05, 0.1) is 18.1 Å². The Morgan fingerprint density at radius 2 is 2.20 bits per heavy atom. The third-order valence-corrected chi connectivity index (χ3v) is 3.38. The van der Waals surface area contributed by atoms with E-state index in [2.05, 4.69) is 0 Å². The molecule has 0 aromatic heterocycles. The fraction of sp³-hybridized carbons (Fsp3) is 0.917. The van der Waals surface area contributed by atoms with Crippen LogP contribution in [0.4, 0.5) is 0 Å². The minimum absolute atomic E-state index is 0.00157. The Morgan fingerprint density at radius 1 is 1.33 bits per heavy atom. The molecule has 0 radical (unpaired) electrons. The summed E-state index contributed by atoms with van der Waals surface area (Å²) in [5.74, 6) is 0.129. The standard InChI is InChI=1S/C12H20O3/c1-9-8-10(12(13)15-9)5-6-11-4-2-3-7-14-11/h9-11H,2-8H2,1H3. The van der Waals surface area contributed by atoms with Gasteiger partial charge >= 0.3 is 5.97 Å². The van der Waals surface area contributed by atoms with Crippen molar-refractivity contribution in [3.05, 3.63) is 0 Å². The predicted octanol–water partition coefficient (Wildman–Crippen LogP) is 2.29. The topological polar surface area (TPSA) is 35.5 Å². The summed E-state index contributed by atoms with van der Waals surface area (Å²) in [6.07, 6.45) is 7.00. The van der Waals surface area contributed by atoms with E-state index >= 15 is 0 Å². The second kappa shape index (κ2) is 4.97.